The highest BCUT2D eigenvalue weighted by molar-refractivity contribution is 7.09. The van der Waals surface area contributed by atoms with Crippen molar-refractivity contribution in [2.75, 3.05) is 0 Å². The van der Waals surface area contributed by atoms with Crippen LogP contribution in [0.2, 0.25) is 0 Å². The van der Waals surface area contributed by atoms with Crippen molar-refractivity contribution in [3.05, 3.63) is 52.0 Å². The molecular weight excluding hydrogens is 365 g/mol. The number of benzene rings is 1. The quantitative estimate of drug-likeness (QED) is 0.812. The molecule has 0 radical (unpaired) electrons. The van der Waals surface area contributed by atoms with Gasteiger partial charge in [0.15, 0.2) is 0 Å². The van der Waals surface area contributed by atoms with Crippen LogP contribution in [-0.2, 0) is 10.3 Å². The molecule has 24 heavy (non-hydrogen) atoms. The average molecular weight is 390 g/mol. The molecule has 0 saturated heterocycles. The fourth-order valence-electron chi connectivity index (χ4n) is 2.24. The van der Waals surface area contributed by atoms with E-state index in [-0.39, 0.29) is 42.7 Å². The van der Waals surface area contributed by atoms with Gasteiger partial charge in [-0.15, -0.1) is 36.2 Å². The Labute approximate surface area is 160 Å². The van der Waals surface area contributed by atoms with Gasteiger partial charge in [0, 0.05) is 17.1 Å². The largest absolute Gasteiger partial charge is 0.344 e. The van der Waals surface area contributed by atoms with E-state index in [1.54, 1.807) is 11.3 Å². The topological polar surface area (TPSA) is 68.0 Å². The molecular formula is C17H25Cl2N3OS. The van der Waals surface area contributed by atoms with E-state index in [0.717, 1.165) is 16.3 Å². The van der Waals surface area contributed by atoms with E-state index in [9.17, 15) is 4.79 Å². The molecule has 0 bridgehead atoms. The van der Waals surface area contributed by atoms with Crippen molar-refractivity contribution in [3.8, 4) is 0 Å². The lowest BCUT2D eigenvalue weighted by molar-refractivity contribution is -0.126. The summed E-state index contributed by atoms with van der Waals surface area (Å²) in [6.07, 6.45) is 0. The zero-order chi connectivity index (χ0) is 16.3. The number of thiazole rings is 1. The first-order valence-corrected chi connectivity index (χ1v) is 8.24. The number of rotatable bonds is 5. The normalized spacial score (nSPS) is 13.2. The first kappa shape index (κ1) is 22.9. The standard InChI is InChI=1S/C17H23N3OS.2ClH/c1-11-10-22-16(19-11)17(3,4)20-15(21)12(2)14(18)13-8-6-5-7-9-13;;/h5-10,12,14H,18H2,1-4H3,(H,20,21);2*1H. The van der Waals surface area contributed by atoms with Crippen molar-refractivity contribution < 1.29 is 4.79 Å². The van der Waals surface area contributed by atoms with Crippen molar-refractivity contribution >= 4 is 42.1 Å². The number of nitrogens with two attached hydrogens (primary N) is 1. The van der Waals surface area contributed by atoms with Crippen LogP contribution in [0.5, 0.6) is 0 Å². The number of carbonyl (C=O) groups excluding carboxylic acids is 1. The molecule has 0 fully saturated rings. The molecule has 0 spiro atoms. The number of halogens is 2. The molecule has 1 aromatic heterocycles. The predicted molar refractivity (Wildman–Crippen MR) is 105 cm³/mol. The lowest BCUT2D eigenvalue weighted by Gasteiger charge is -2.28. The minimum absolute atomic E-state index is 0. The van der Waals surface area contributed by atoms with Crippen LogP contribution in [0.25, 0.3) is 0 Å². The number of carbonyl (C=O) groups is 1. The Kier molecular flexibility index (Phi) is 8.93. The second-order valence-electron chi connectivity index (χ2n) is 6.13. The highest BCUT2D eigenvalue weighted by atomic mass is 35.5. The van der Waals surface area contributed by atoms with Crippen LogP contribution in [0.4, 0.5) is 0 Å². The summed E-state index contributed by atoms with van der Waals surface area (Å²) in [5.41, 5.74) is 7.66. The van der Waals surface area contributed by atoms with Crippen LogP contribution in [0.3, 0.4) is 0 Å². The molecule has 2 atom stereocenters. The Morgan fingerprint density at radius 3 is 2.33 bits per heavy atom. The van der Waals surface area contributed by atoms with E-state index in [2.05, 4.69) is 10.3 Å². The first-order chi connectivity index (χ1) is 10.3. The van der Waals surface area contributed by atoms with E-state index in [1.807, 2.05) is 63.4 Å². The van der Waals surface area contributed by atoms with E-state index in [4.69, 9.17) is 5.73 Å². The molecule has 0 aliphatic rings. The van der Waals surface area contributed by atoms with Gasteiger partial charge >= 0.3 is 0 Å². The average Bonchev–Trinajstić information content (AvgIpc) is 2.93. The van der Waals surface area contributed by atoms with Crippen molar-refractivity contribution in [1.29, 1.82) is 0 Å². The SMILES string of the molecule is Cc1csc(C(C)(C)NC(=O)C(C)C(N)c2ccccc2)n1.Cl.Cl. The van der Waals surface area contributed by atoms with E-state index in [0.29, 0.717) is 0 Å². The van der Waals surface area contributed by atoms with Gasteiger partial charge in [0.2, 0.25) is 5.91 Å². The third kappa shape index (κ3) is 5.45. The third-order valence-corrected chi connectivity index (χ3v) is 5.01. The van der Waals surface area contributed by atoms with Crippen molar-refractivity contribution in [1.82, 2.24) is 10.3 Å². The summed E-state index contributed by atoms with van der Waals surface area (Å²) in [7, 11) is 0. The summed E-state index contributed by atoms with van der Waals surface area (Å²) >= 11 is 1.56. The zero-order valence-electron chi connectivity index (χ0n) is 14.3. The maximum absolute atomic E-state index is 12.5. The van der Waals surface area contributed by atoms with Crippen molar-refractivity contribution in [2.45, 2.75) is 39.3 Å². The fraction of sp³-hybridized carbons (Fsp3) is 0.412. The first-order valence-electron chi connectivity index (χ1n) is 7.36. The lowest BCUT2D eigenvalue weighted by Crippen LogP contribution is -2.45. The van der Waals surface area contributed by atoms with Crippen LogP contribution < -0.4 is 11.1 Å². The number of amides is 1. The minimum atomic E-state index is -0.499. The lowest BCUT2D eigenvalue weighted by atomic mass is 9.93. The molecule has 134 valence electrons. The molecule has 1 amide bonds. The Morgan fingerprint density at radius 1 is 1.25 bits per heavy atom. The predicted octanol–water partition coefficient (Wildman–Crippen LogP) is 3.98. The van der Waals surface area contributed by atoms with Gasteiger partial charge < -0.3 is 11.1 Å². The molecule has 2 rings (SSSR count). The highest BCUT2D eigenvalue weighted by Crippen LogP contribution is 2.26. The van der Waals surface area contributed by atoms with Gasteiger partial charge in [0.05, 0.1) is 11.5 Å². The van der Waals surface area contributed by atoms with Gasteiger partial charge in [-0.2, -0.15) is 0 Å². The monoisotopic (exact) mass is 389 g/mol. The molecule has 0 aliphatic carbocycles. The summed E-state index contributed by atoms with van der Waals surface area (Å²) in [6, 6.07) is 9.38. The van der Waals surface area contributed by atoms with E-state index in [1.165, 1.54) is 0 Å². The summed E-state index contributed by atoms with van der Waals surface area (Å²) in [5.74, 6) is -0.378. The fourth-order valence-corrected chi connectivity index (χ4v) is 3.12. The van der Waals surface area contributed by atoms with Gasteiger partial charge in [-0.1, -0.05) is 37.3 Å². The van der Waals surface area contributed by atoms with Crippen LogP contribution in [0.15, 0.2) is 35.7 Å². The maximum Gasteiger partial charge on any atom is 0.225 e. The van der Waals surface area contributed by atoms with Crippen LogP contribution in [0, 0.1) is 12.8 Å². The summed E-state index contributed by atoms with van der Waals surface area (Å²) in [5, 5.41) is 5.96. The van der Waals surface area contributed by atoms with Gasteiger partial charge in [-0.25, -0.2) is 4.98 Å². The number of hydrogen-bond acceptors (Lipinski definition) is 4. The van der Waals surface area contributed by atoms with Crippen molar-refractivity contribution in [2.24, 2.45) is 11.7 Å². The Bertz CT molecular complexity index is 646. The van der Waals surface area contributed by atoms with Gasteiger partial charge in [-0.05, 0) is 26.3 Å². The number of hydrogen-bond donors (Lipinski definition) is 2. The van der Waals surface area contributed by atoms with Crippen molar-refractivity contribution in [3.63, 3.8) is 0 Å². The second kappa shape index (κ2) is 9.37. The molecule has 4 nitrogen and oxygen atoms in total. The molecule has 3 N–H and O–H groups in total. The van der Waals surface area contributed by atoms with E-state index >= 15 is 0 Å². The number of aromatic nitrogens is 1. The molecule has 7 heteroatoms. The second-order valence-corrected chi connectivity index (χ2v) is 6.99. The minimum Gasteiger partial charge on any atom is -0.344 e. The van der Waals surface area contributed by atoms with Crippen LogP contribution in [-0.4, -0.2) is 10.9 Å². The summed E-state index contributed by atoms with van der Waals surface area (Å²) in [4.78, 5) is 17.0. The third-order valence-electron chi connectivity index (χ3n) is 3.73. The zero-order valence-corrected chi connectivity index (χ0v) is 16.7. The highest BCUT2D eigenvalue weighted by Gasteiger charge is 2.30. The molecule has 1 aromatic carbocycles. The molecule has 0 saturated carbocycles. The Hall–Kier alpha value is -1.14. The molecule has 2 aromatic rings. The van der Waals surface area contributed by atoms with Crippen LogP contribution >= 0.6 is 36.2 Å². The summed E-state index contributed by atoms with van der Waals surface area (Å²) < 4.78 is 0. The van der Waals surface area contributed by atoms with Gasteiger partial charge in [-0.3, -0.25) is 4.79 Å². The number of nitrogens with zero attached hydrogens (tertiary/aromatic N) is 1. The number of aryl methyl sites for hydroxylation is 1. The Balaban J connectivity index is 0.00000264. The van der Waals surface area contributed by atoms with Gasteiger partial charge in [0.25, 0.3) is 0 Å². The molecule has 1 heterocycles. The summed E-state index contributed by atoms with van der Waals surface area (Å²) in [6.45, 7) is 7.73. The number of nitrogens with one attached hydrogen (secondary N) is 1. The van der Waals surface area contributed by atoms with Gasteiger partial charge in [0.1, 0.15) is 5.01 Å². The van der Waals surface area contributed by atoms with Crippen LogP contribution in [0.1, 0.15) is 43.1 Å². The Morgan fingerprint density at radius 2 is 1.83 bits per heavy atom. The molecule has 2 unspecified atom stereocenters. The molecule has 0 aliphatic heterocycles. The maximum atomic E-state index is 12.5. The van der Waals surface area contributed by atoms with E-state index < -0.39 is 5.54 Å². The smallest absolute Gasteiger partial charge is 0.225 e.